The molecule has 106 valence electrons. The van der Waals surface area contributed by atoms with Gasteiger partial charge < -0.3 is 15.2 Å². The van der Waals surface area contributed by atoms with Crippen molar-refractivity contribution in [3.63, 3.8) is 0 Å². The van der Waals surface area contributed by atoms with Crippen LogP contribution in [0, 0.1) is 6.92 Å². The second-order valence-electron chi connectivity index (χ2n) is 5.23. The summed E-state index contributed by atoms with van der Waals surface area (Å²) in [4.78, 5) is 0. The molecule has 1 saturated heterocycles. The molecule has 1 aliphatic heterocycles. The van der Waals surface area contributed by atoms with Crippen LogP contribution in [0.15, 0.2) is 18.2 Å². The van der Waals surface area contributed by atoms with E-state index in [0.717, 1.165) is 38.2 Å². The fourth-order valence-electron chi connectivity index (χ4n) is 2.63. The van der Waals surface area contributed by atoms with Crippen LogP contribution < -0.4 is 10.5 Å². The van der Waals surface area contributed by atoms with Crippen molar-refractivity contribution in [3.8, 4) is 5.75 Å². The Morgan fingerprint density at radius 1 is 1.42 bits per heavy atom. The molecule has 1 aromatic rings. The summed E-state index contributed by atoms with van der Waals surface area (Å²) in [6.07, 6.45) is 5.93. The molecule has 0 amide bonds. The van der Waals surface area contributed by atoms with Crippen LogP contribution in [0.3, 0.4) is 0 Å². The van der Waals surface area contributed by atoms with Crippen LogP contribution in [0.4, 0.5) is 0 Å². The normalized spacial score (nSPS) is 18.7. The predicted octanol–water partition coefficient (Wildman–Crippen LogP) is 2.83. The molecule has 1 atom stereocenters. The Kier molecular flexibility index (Phi) is 5.67. The van der Waals surface area contributed by atoms with Crippen molar-refractivity contribution >= 4 is 0 Å². The molecular weight excluding hydrogens is 238 g/mol. The first kappa shape index (κ1) is 14.4. The minimum atomic E-state index is 0.462. The SMILES string of the molecule is Cc1cccc(CCN)c1OCCCC1CCCO1. The van der Waals surface area contributed by atoms with Crippen molar-refractivity contribution < 1.29 is 9.47 Å². The van der Waals surface area contributed by atoms with Gasteiger partial charge in [-0.1, -0.05) is 18.2 Å². The summed E-state index contributed by atoms with van der Waals surface area (Å²) in [6, 6.07) is 6.27. The van der Waals surface area contributed by atoms with Crippen molar-refractivity contribution in [1.29, 1.82) is 0 Å². The maximum atomic E-state index is 5.97. The van der Waals surface area contributed by atoms with Gasteiger partial charge in [-0.3, -0.25) is 0 Å². The average molecular weight is 263 g/mol. The van der Waals surface area contributed by atoms with E-state index in [2.05, 4.69) is 25.1 Å². The van der Waals surface area contributed by atoms with Crippen LogP contribution >= 0.6 is 0 Å². The average Bonchev–Trinajstić information content (AvgIpc) is 2.90. The lowest BCUT2D eigenvalue weighted by Crippen LogP contribution is -2.10. The zero-order valence-corrected chi connectivity index (χ0v) is 11.9. The van der Waals surface area contributed by atoms with Crippen LogP contribution in [0.1, 0.15) is 36.8 Å². The Labute approximate surface area is 116 Å². The first-order valence-corrected chi connectivity index (χ1v) is 7.34. The van der Waals surface area contributed by atoms with E-state index < -0.39 is 0 Å². The number of nitrogens with two attached hydrogens (primary N) is 1. The lowest BCUT2D eigenvalue weighted by Gasteiger charge is -2.15. The smallest absolute Gasteiger partial charge is 0.125 e. The third-order valence-electron chi connectivity index (χ3n) is 3.65. The van der Waals surface area contributed by atoms with Gasteiger partial charge in [0.05, 0.1) is 12.7 Å². The van der Waals surface area contributed by atoms with Gasteiger partial charge in [0.25, 0.3) is 0 Å². The fraction of sp³-hybridized carbons (Fsp3) is 0.625. The predicted molar refractivity (Wildman–Crippen MR) is 77.6 cm³/mol. The quantitative estimate of drug-likeness (QED) is 0.769. The highest BCUT2D eigenvalue weighted by molar-refractivity contribution is 5.40. The number of aryl methyl sites for hydroxylation is 1. The van der Waals surface area contributed by atoms with Crippen LogP contribution in [-0.2, 0) is 11.2 Å². The summed E-state index contributed by atoms with van der Waals surface area (Å²) < 4.78 is 11.6. The molecule has 1 unspecified atom stereocenters. The van der Waals surface area contributed by atoms with Gasteiger partial charge in [-0.15, -0.1) is 0 Å². The largest absolute Gasteiger partial charge is 0.493 e. The molecule has 1 aromatic carbocycles. The molecule has 19 heavy (non-hydrogen) atoms. The van der Waals surface area contributed by atoms with Crippen LogP contribution in [-0.4, -0.2) is 25.9 Å². The van der Waals surface area contributed by atoms with Crippen molar-refractivity contribution in [2.45, 2.75) is 45.1 Å². The van der Waals surface area contributed by atoms with E-state index in [1.165, 1.54) is 24.0 Å². The highest BCUT2D eigenvalue weighted by Gasteiger charge is 2.15. The van der Waals surface area contributed by atoms with E-state index >= 15 is 0 Å². The van der Waals surface area contributed by atoms with Crippen LogP contribution in [0.25, 0.3) is 0 Å². The molecule has 0 aromatic heterocycles. The number of benzene rings is 1. The number of ether oxygens (including phenoxy) is 2. The molecule has 2 N–H and O–H groups in total. The van der Waals surface area contributed by atoms with E-state index in [1.54, 1.807) is 0 Å². The molecule has 0 aliphatic carbocycles. The summed E-state index contributed by atoms with van der Waals surface area (Å²) in [5.74, 6) is 1.03. The van der Waals surface area contributed by atoms with E-state index in [1.807, 2.05) is 0 Å². The van der Waals surface area contributed by atoms with E-state index in [9.17, 15) is 0 Å². The molecule has 0 radical (unpaired) electrons. The summed E-state index contributed by atoms with van der Waals surface area (Å²) in [7, 11) is 0. The highest BCUT2D eigenvalue weighted by Crippen LogP contribution is 2.24. The highest BCUT2D eigenvalue weighted by atomic mass is 16.5. The molecule has 0 spiro atoms. The summed E-state index contributed by atoms with van der Waals surface area (Å²) in [6.45, 7) is 4.46. The summed E-state index contributed by atoms with van der Waals surface area (Å²) >= 11 is 0. The molecule has 1 heterocycles. The van der Waals surface area contributed by atoms with Gasteiger partial charge in [0.1, 0.15) is 5.75 Å². The minimum Gasteiger partial charge on any atom is -0.493 e. The maximum absolute atomic E-state index is 5.97. The fourth-order valence-corrected chi connectivity index (χ4v) is 2.63. The van der Waals surface area contributed by atoms with Gasteiger partial charge in [0.2, 0.25) is 0 Å². The first-order chi connectivity index (χ1) is 9.31. The van der Waals surface area contributed by atoms with Crippen molar-refractivity contribution in [1.82, 2.24) is 0 Å². The van der Waals surface area contributed by atoms with Gasteiger partial charge in [-0.25, -0.2) is 0 Å². The van der Waals surface area contributed by atoms with Crippen molar-refractivity contribution in [3.05, 3.63) is 29.3 Å². The van der Waals surface area contributed by atoms with Crippen molar-refractivity contribution in [2.24, 2.45) is 5.73 Å². The van der Waals surface area contributed by atoms with Gasteiger partial charge in [-0.2, -0.15) is 0 Å². The monoisotopic (exact) mass is 263 g/mol. The topological polar surface area (TPSA) is 44.5 Å². The standard InChI is InChI=1S/C16H25NO2/c1-13-5-2-6-14(9-10-17)16(13)19-12-4-8-15-7-3-11-18-15/h2,5-6,15H,3-4,7-12,17H2,1H3. The number of hydrogen-bond acceptors (Lipinski definition) is 3. The molecule has 0 bridgehead atoms. The third-order valence-corrected chi connectivity index (χ3v) is 3.65. The van der Waals surface area contributed by atoms with E-state index in [4.69, 9.17) is 15.2 Å². The molecule has 3 nitrogen and oxygen atoms in total. The second kappa shape index (κ2) is 7.51. The third kappa shape index (κ3) is 4.22. The molecular formula is C16H25NO2. The lowest BCUT2D eigenvalue weighted by molar-refractivity contribution is 0.0980. The molecule has 1 fully saturated rings. The molecule has 1 aliphatic rings. The Balaban J connectivity index is 1.80. The van der Waals surface area contributed by atoms with Gasteiger partial charge in [0, 0.05) is 6.61 Å². The minimum absolute atomic E-state index is 0.462. The van der Waals surface area contributed by atoms with Gasteiger partial charge >= 0.3 is 0 Å². The van der Waals surface area contributed by atoms with Gasteiger partial charge in [0.15, 0.2) is 0 Å². The summed E-state index contributed by atoms with van der Waals surface area (Å²) in [5.41, 5.74) is 8.06. The molecule has 2 rings (SSSR count). The lowest BCUT2D eigenvalue weighted by atomic mass is 10.1. The van der Waals surface area contributed by atoms with E-state index in [-0.39, 0.29) is 0 Å². The van der Waals surface area contributed by atoms with Crippen LogP contribution in [0.5, 0.6) is 5.75 Å². The zero-order valence-electron chi connectivity index (χ0n) is 11.9. The summed E-state index contributed by atoms with van der Waals surface area (Å²) in [5, 5.41) is 0. The Hall–Kier alpha value is -1.06. The number of hydrogen-bond donors (Lipinski definition) is 1. The second-order valence-corrected chi connectivity index (χ2v) is 5.23. The Bertz CT molecular complexity index is 386. The molecule has 0 saturated carbocycles. The first-order valence-electron chi connectivity index (χ1n) is 7.34. The maximum Gasteiger partial charge on any atom is 0.125 e. The Morgan fingerprint density at radius 2 is 2.32 bits per heavy atom. The van der Waals surface area contributed by atoms with Crippen molar-refractivity contribution in [2.75, 3.05) is 19.8 Å². The Morgan fingerprint density at radius 3 is 3.05 bits per heavy atom. The zero-order chi connectivity index (χ0) is 13.5. The van der Waals surface area contributed by atoms with E-state index in [0.29, 0.717) is 12.6 Å². The number of rotatable bonds is 7. The van der Waals surface area contributed by atoms with Crippen LogP contribution in [0.2, 0.25) is 0 Å². The molecule has 3 heteroatoms. The number of para-hydroxylation sites is 1. The van der Waals surface area contributed by atoms with Gasteiger partial charge in [-0.05, 0) is 56.7 Å².